The second kappa shape index (κ2) is 2.51. The quantitative estimate of drug-likeness (QED) is 0.661. The highest BCUT2D eigenvalue weighted by Gasteiger charge is 2.22. The van der Waals surface area contributed by atoms with Crippen LogP contribution >= 0.6 is 0 Å². The number of hydrogen-bond donors (Lipinski definition) is 2. The summed E-state index contributed by atoms with van der Waals surface area (Å²) in [6.07, 6.45) is 0.972. The van der Waals surface area contributed by atoms with Gasteiger partial charge < -0.3 is 15.4 Å². The summed E-state index contributed by atoms with van der Waals surface area (Å²) in [5, 5.41) is 10.8. The first-order valence-electron chi connectivity index (χ1n) is 4.84. The Morgan fingerprint density at radius 1 is 1.43 bits per heavy atom. The van der Waals surface area contributed by atoms with E-state index >= 15 is 0 Å². The summed E-state index contributed by atoms with van der Waals surface area (Å²) in [5.41, 5.74) is 8.02. The molecule has 0 amide bonds. The SMILES string of the molecule is NC1CCn2c1cc1cccc(O)c12. The van der Waals surface area contributed by atoms with Crippen LogP contribution in [0.4, 0.5) is 0 Å². The predicted octanol–water partition coefficient (Wildman–Crippen LogP) is 1.75. The molecule has 0 radical (unpaired) electrons. The summed E-state index contributed by atoms with van der Waals surface area (Å²) in [6, 6.07) is 7.79. The molecular formula is C11H12N2O. The van der Waals surface area contributed by atoms with Crippen LogP contribution in [0.2, 0.25) is 0 Å². The molecule has 2 aromatic rings. The van der Waals surface area contributed by atoms with Crippen LogP contribution in [0.1, 0.15) is 18.2 Å². The first-order chi connectivity index (χ1) is 6.77. The first-order valence-corrected chi connectivity index (χ1v) is 4.84. The highest BCUT2D eigenvalue weighted by atomic mass is 16.3. The molecule has 0 bridgehead atoms. The number of rotatable bonds is 0. The summed E-state index contributed by atoms with van der Waals surface area (Å²) < 4.78 is 2.12. The summed E-state index contributed by atoms with van der Waals surface area (Å²) >= 11 is 0. The van der Waals surface area contributed by atoms with Crippen molar-refractivity contribution in [3.63, 3.8) is 0 Å². The van der Waals surface area contributed by atoms with Gasteiger partial charge in [0.05, 0.1) is 5.52 Å². The molecule has 1 aliphatic heterocycles. The van der Waals surface area contributed by atoms with Gasteiger partial charge >= 0.3 is 0 Å². The van der Waals surface area contributed by atoms with Gasteiger partial charge in [0, 0.05) is 23.7 Å². The molecule has 1 unspecified atom stereocenters. The average Bonchev–Trinajstić information content (AvgIpc) is 2.68. The minimum atomic E-state index is 0.127. The number of nitrogens with zero attached hydrogens (tertiary/aromatic N) is 1. The molecular weight excluding hydrogens is 176 g/mol. The van der Waals surface area contributed by atoms with E-state index in [-0.39, 0.29) is 6.04 Å². The lowest BCUT2D eigenvalue weighted by molar-refractivity contribution is 0.478. The molecule has 3 N–H and O–H groups in total. The highest BCUT2D eigenvalue weighted by Crippen LogP contribution is 2.34. The van der Waals surface area contributed by atoms with Crippen LogP contribution in [0, 0.1) is 0 Å². The van der Waals surface area contributed by atoms with Crippen molar-refractivity contribution in [2.45, 2.75) is 19.0 Å². The molecule has 0 spiro atoms. The topological polar surface area (TPSA) is 51.2 Å². The van der Waals surface area contributed by atoms with Crippen molar-refractivity contribution < 1.29 is 5.11 Å². The fourth-order valence-corrected chi connectivity index (χ4v) is 2.29. The lowest BCUT2D eigenvalue weighted by Gasteiger charge is -2.01. The van der Waals surface area contributed by atoms with Gasteiger partial charge in [0.15, 0.2) is 0 Å². The number of aromatic nitrogens is 1. The maximum Gasteiger partial charge on any atom is 0.139 e. The van der Waals surface area contributed by atoms with Crippen LogP contribution in [-0.2, 0) is 6.54 Å². The molecule has 3 heteroatoms. The molecule has 3 nitrogen and oxygen atoms in total. The third kappa shape index (κ3) is 0.849. The average molecular weight is 188 g/mol. The second-order valence-corrected chi connectivity index (χ2v) is 3.83. The molecule has 1 aliphatic rings. The van der Waals surface area contributed by atoms with Crippen molar-refractivity contribution in [3.8, 4) is 5.75 Å². The van der Waals surface area contributed by atoms with Crippen molar-refractivity contribution >= 4 is 10.9 Å². The van der Waals surface area contributed by atoms with Gasteiger partial charge in [-0.15, -0.1) is 0 Å². The lowest BCUT2D eigenvalue weighted by Crippen LogP contribution is -2.04. The molecule has 1 aromatic carbocycles. The Hall–Kier alpha value is -1.48. The number of benzene rings is 1. The summed E-state index contributed by atoms with van der Waals surface area (Å²) in [5.74, 6) is 0.350. The Balaban J connectivity index is 2.41. The van der Waals surface area contributed by atoms with Crippen molar-refractivity contribution in [1.29, 1.82) is 0 Å². The third-order valence-electron chi connectivity index (χ3n) is 2.97. The minimum Gasteiger partial charge on any atom is -0.506 e. The fourth-order valence-electron chi connectivity index (χ4n) is 2.29. The van der Waals surface area contributed by atoms with E-state index in [4.69, 9.17) is 5.73 Å². The van der Waals surface area contributed by atoms with Crippen molar-refractivity contribution in [2.24, 2.45) is 5.73 Å². The fraction of sp³-hybridized carbons (Fsp3) is 0.273. The van der Waals surface area contributed by atoms with Crippen molar-refractivity contribution in [2.75, 3.05) is 0 Å². The predicted molar refractivity (Wildman–Crippen MR) is 55.1 cm³/mol. The van der Waals surface area contributed by atoms with Crippen LogP contribution in [0.5, 0.6) is 5.75 Å². The number of hydrogen-bond acceptors (Lipinski definition) is 2. The van der Waals surface area contributed by atoms with Crippen LogP contribution in [0.3, 0.4) is 0 Å². The Bertz CT molecular complexity index is 501. The highest BCUT2D eigenvalue weighted by molar-refractivity contribution is 5.87. The van der Waals surface area contributed by atoms with Gasteiger partial charge in [-0.05, 0) is 18.6 Å². The number of nitrogens with two attached hydrogens (primary N) is 1. The number of fused-ring (bicyclic) bond motifs is 3. The van der Waals surface area contributed by atoms with E-state index in [1.807, 2.05) is 12.1 Å². The number of aryl methyl sites for hydroxylation is 1. The van der Waals surface area contributed by atoms with E-state index in [2.05, 4.69) is 10.6 Å². The third-order valence-corrected chi connectivity index (χ3v) is 2.97. The lowest BCUT2D eigenvalue weighted by atomic mass is 10.2. The zero-order valence-corrected chi connectivity index (χ0v) is 7.77. The van der Waals surface area contributed by atoms with E-state index < -0.39 is 0 Å². The molecule has 1 atom stereocenters. The van der Waals surface area contributed by atoms with Gasteiger partial charge in [0.2, 0.25) is 0 Å². The number of aromatic hydroxyl groups is 1. The van der Waals surface area contributed by atoms with E-state index in [1.54, 1.807) is 6.07 Å². The van der Waals surface area contributed by atoms with Crippen LogP contribution in [0.25, 0.3) is 10.9 Å². The smallest absolute Gasteiger partial charge is 0.139 e. The van der Waals surface area contributed by atoms with E-state index in [9.17, 15) is 5.11 Å². The molecule has 72 valence electrons. The molecule has 1 aromatic heterocycles. The van der Waals surface area contributed by atoms with Crippen molar-refractivity contribution in [1.82, 2.24) is 4.57 Å². The summed E-state index contributed by atoms with van der Waals surface area (Å²) in [4.78, 5) is 0. The van der Waals surface area contributed by atoms with E-state index in [0.717, 1.165) is 29.6 Å². The zero-order valence-electron chi connectivity index (χ0n) is 7.77. The van der Waals surface area contributed by atoms with Gasteiger partial charge in [0.25, 0.3) is 0 Å². The van der Waals surface area contributed by atoms with Crippen molar-refractivity contribution in [3.05, 3.63) is 30.0 Å². The number of para-hydroxylation sites is 1. The zero-order chi connectivity index (χ0) is 9.71. The Morgan fingerprint density at radius 3 is 3.14 bits per heavy atom. The number of phenolic OH excluding ortho intramolecular Hbond substituents is 1. The van der Waals surface area contributed by atoms with E-state index in [0.29, 0.717) is 5.75 Å². The van der Waals surface area contributed by atoms with Gasteiger partial charge in [-0.1, -0.05) is 12.1 Å². The summed E-state index contributed by atoms with van der Waals surface area (Å²) in [7, 11) is 0. The molecule has 0 aliphatic carbocycles. The first kappa shape index (κ1) is 7.88. The van der Waals surface area contributed by atoms with Gasteiger partial charge in [0.1, 0.15) is 5.75 Å². The monoisotopic (exact) mass is 188 g/mol. The molecule has 2 heterocycles. The number of phenols is 1. The maximum absolute atomic E-state index is 9.75. The van der Waals surface area contributed by atoms with Gasteiger partial charge in [-0.3, -0.25) is 0 Å². The largest absolute Gasteiger partial charge is 0.506 e. The van der Waals surface area contributed by atoms with Crippen LogP contribution in [-0.4, -0.2) is 9.67 Å². The van der Waals surface area contributed by atoms with Gasteiger partial charge in [-0.2, -0.15) is 0 Å². The summed E-state index contributed by atoms with van der Waals surface area (Å²) in [6.45, 7) is 0.914. The minimum absolute atomic E-state index is 0.127. The van der Waals surface area contributed by atoms with Gasteiger partial charge in [-0.25, -0.2) is 0 Å². The molecule has 0 fully saturated rings. The second-order valence-electron chi connectivity index (χ2n) is 3.83. The van der Waals surface area contributed by atoms with E-state index in [1.165, 1.54) is 0 Å². The molecule has 14 heavy (non-hydrogen) atoms. The molecule has 3 rings (SSSR count). The molecule has 0 saturated carbocycles. The standard InChI is InChI=1S/C11H12N2O/c12-8-4-5-13-9(8)6-7-2-1-3-10(14)11(7)13/h1-3,6,8,14H,4-5,12H2. The van der Waals surface area contributed by atoms with Crippen LogP contribution in [0.15, 0.2) is 24.3 Å². The Kier molecular flexibility index (Phi) is 1.42. The normalized spacial score (nSPS) is 20.2. The van der Waals surface area contributed by atoms with Crippen LogP contribution < -0.4 is 5.73 Å². The maximum atomic E-state index is 9.75. The Labute approximate surface area is 81.8 Å². The Morgan fingerprint density at radius 2 is 2.29 bits per heavy atom. The molecule has 0 saturated heterocycles.